The van der Waals surface area contributed by atoms with Crippen molar-refractivity contribution in [2.24, 2.45) is 5.11 Å². The van der Waals surface area contributed by atoms with Crippen LogP contribution in [0.1, 0.15) is 10.4 Å². The van der Waals surface area contributed by atoms with E-state index in [4.69, 9.17) is 30.9 Å². The first kappa shape index (κ1) is 26.2. The molecule has 31 heavy (non-hydrogen) atoms. The monoisotopic (exact) mass is 448 g/mol. The zero-order valence-corrected chi connectivity index (χ0v) is 16.3. The van der Waals surface area contributed by atoms with Gasteiger partial charge in [0.25, 0.3) is 5.91 Å². The van der Waals surface area contributed by atoms with Gasteiger partial charge in [-0.3, -0.25) is 4.79 Å². The van der Waals surface area contributed by atoms with Crippen molar-refractivity contribution in [1.82, 2.24) is 5.32 Å². The molecule has 0 aliphatic heterocycles. The minimum absolute atomic E-state index is 0.0525. The van der Waals surface area contributed by atoms with Crippen LogP contribution in [0.4, 0.5) is 23.2 Å². The van der Waals surface area contributed by atoms with Crippen LogP contribution in [-0.2, 0) is 18.9 Å². The van der Waals surface area contributed by atoms with E-state index in [2.05, 4.69) is 21.3 Å². The molecule has 1 aromatic rings. The fourth-order valence-electron chi connectivity index (χ4n) is 2.07. The lowest BCUT2D eigenvalue weighted by molar-refractivity contribution is 0.00175. The van der Waals surface area contributed by atoms with Crippen molar-refractivity contribution in [2.75, 3.05) is 59.4 Å². The maximum Gasteiger partial charge on any atom is 0.257 e. The third-order valence-electron chi connectivity index (χ3n) is 3.45. The molecule has 170 valence electrons. The minimum Gasteiger partial charge on any atom is -0.377 e. The van der Waals surface area contributed by atoms with Gasteiger partial charge in [0.05, 0.1) is 46.2 Å². The molecule has 0 fully saturated rings. The minimum atomic E-state index is -1.97. The number of carbonyl (C=O) groups is 1. The first-order valence-corrected chi connectivity index (χ1v) is 8.89. The Morgan fingerprint density at radius 1 is 0.903 bits per heavy atom. The summed E-state index contributed by atoms with van der Waals surface area (Å²) in [7, 11) is 0. The number of amides is 1. The highest BCUT2D eigenvalue weighted by atomic mass is 19.2. The summed E-state index contributed by atoms with van der Waals surface area (Å²) in [6.07, 6.45) is 5.01. The zero-order chi connectivity index (χ0) is 23.1. The Morgan fingerprint density at radius 3 is 1.87 bits per heavy atom. The normalized spacial score (nSPS) is 10.4. The van der Waals surface area contributed by atoms with E-state index in [1.165, 1.54) is 0 Å². The predicted octanol–water partition coefficient (Wildman–Crippen LogP) is 2.61. The van der Waals surface area contributed by atoms with E-state index in [0.717, 1.165) is 0 Å². The van der Waals surface area contributed by atoms with Crippen molar-refractivity contribution in [2.45, 2.75) is 0 Å². The molecular formula is C18H20F4N4O5. The highest BCUT2D eigenvalue weighted by molar-refractivity contribution is 5.95. The van der Waals surface area contributed by atoms with Crippen molar-refractivity contribution in [3.8, 4) is 12.3 Å². The van der Waals surface area contributed by atoms with Gasteiger partial charge in [0.15, 0.2) is 23.3 Å². The Kier molecular flexibility index (Phi) is 12.7. The quantitative estimate of drug-likeness (QED) is 0.0843. The van der Waals surface area contributed by atoms with E-state index in [1.54, 1.807) is 0 Å². The highest BCUT2D eigenvalue weighted by Gasteiger charge is 2.28. The SMILES string of the molecule is C#CCOCCOCCOCCOCCNC(=O)c1c(F)c(F)c(N=[N+]=[N-])c(F)c1F. The largest absolute Gasteiger partial charge is 0.377 e. The maximum absolute atomic E-state index is 13.9. The molecule has 13 heteroatoms. The van der Waals surface area contributed by atoms with Gasteiger partial charge in [0, 0.05) is 11.5 Å². The van der Waals surface area contributed by atoms with E-state index in [-0.39, 0.29) is 33.0 Å². The summed E-state index contributed by atoms with van der Waals surface area (Å²) in [6.45, 7) is 1.78. The summed E-state index contributed by atoms with van der Waals surface area (Å²) in [4.78, 5) is 13.9. The second kappa shape index (κ2) is 15.0. The Balaban J connectivity index is 2.25. The fraction of sp³-hybridized carbons (Fsp3) is 0.500. The van der Waals surface area contributed by atoms with E-state index >= 15 is 0 Å². The Hall–Kier alpha value is -2.88. The summed E-state index contributed by atoms with van der Waals surface area (Å²) < 4.78 is 75.6. The highest BCUT2D eigenvalue weighted by Crippen LogP contribution is 2.30. The molecule has 0 aromatic heterocycles. The molecule has 0 unspecified atom stereocenters. The first-order chi connectivity index (χ1) is 15.0. The van der Waals surface area contributed by atoms with Crippen molar-refractivity contribution in [3.05, 3.63) is 39.3 Å². The van der Waals surface area contributed by atoms with Crippen LogP contribution in [0.15, 0.2) is 5.11 Å². The number of terminal acetylenes is 1. The van der Waals surface area contributed by atoms with Crippen LogP contribution in [0.2, 0.25) is 0 Å². The lowest BCUT2D eigenvalue weighted by Gasteiger charge is -2.10. The Labute approximate surface area is 175 Å². The third-order valence-corrected chi connectivity index (χ3v) is 3.45. The fourth-order valence-corrected chi connectivity index (χ4v) is 2.07. The number of benzene rings is 1. The molecule has 1 amide bonds. The number of ether oxygens (including phenoxy) is 4. The zero-order valence-electron chi connectivity index (χ0n) is 16.3. The molecule has 0 bridgehead atoms. The molecule has 0 aliphatic rings. The van der Waals surface area contributed by atoms with Crippen molar-refractivity contribution >= 4 is 11.6 Å². The van der Waals surface area contributed by atoms with Gasteiger partial charge in [-0.25, -0.2) is 17.6 Å². The van der Waals surface area contributed by atoms with Gasteiger partial charge in [-0.05, 0) is 5.53 Å². The van der Waals surface area contributed by atoms with Crippen LogP contribution in [0, 0.1) is 35.6 Å². The average Bonchev–Trinajstić information content (AvgIpc) is 2.75. The van der Waals surface area contributed by atoms with E-state index in [1.807, 2.05) is 0 Å². The van der Waals surface area contributed by atoms with Crippen LogP contribution in [0.3, 0.4) is 0 Å². The maximum atomic E-state index is 13.9. The lowest BCUT2D eigenvalue weighted by Crippen LogP contribution is -2.30. The Morgan fingerprint density at radius 2 is 1.39 bits per heavy atom. The van der Waals surface area contributed by atoms with E-state index in [0.29, 0.717) is 26.4 Å². The molecule has 1 rings (SSSR count). The molecule has 1 N–H and O–H groups in total. The summed E-state index contributed by atoms with van der Waals surface area (Å²) in [5.41, 5.74) is 5.21. The smallest absolute Gasteiger partial charge is 0.257 e. The van der Waals surface area contributed by atoms with Gasteiger partial charge in [-0.15, -0.1) is 6.42 Å². The molecule has 0 radical (unpaired) electrons. The molecular weight excluding hydrogens is 428 g/mol. The number of azide groups is 1. The summed E-state index contributed by atoms with van der Waals surface area (Å²) in [6, 6.07) is 0. The van der Waals surface area contributed by atoms with Gasteiger partial charge in [0.1, 0.15) is 17.9 Å². The predicted molar refractivity (Wildman–Crippen MR) is 99.5 cm³/mol. The lowest BCUT2D eigenvalue weighted by atomic mass is 10.1. The number of hydrogen-bond donors (Lipinski definition) is 1. The van der Waals surface area contributed by atoms with Gasteiger partial charge < -0.3 is 24.3 Å². The van der Waals surface area contributed by atoms with Crippen molar-refractivity contribution in [3.63, 3.8) is 0 Å². The van der Waals surface area contributed by atoms with Gasteiger partial charge in [-0.2, -0.15) is 0 Å². The number of nitrogens with one attached hydrogen (secondary N) is 1. The molecule has 0 atom stereocenters. The second-order valence-electron chi connectivity index (χ2n) is 5.52. The number of nitrogens with zero attached hydrogens (tertiary/aromatic N) is 3. The number of carbonyl (C=O) groups excluding carboxylic acids is 1. The molecule has 1 aromatic carbocycles. The molecule has 0 aliphatic carbocycles. The summed E-state index contributed by atoms with van der Waals surface area (Å²) >= 11 is 0. The molecule has 0 saturated carbocycles. The number of rotatable bonds is 15. The van der Waals surface area contributed by atoms with Gasteiger partial charge >= 0.3 is 0 Å². The van der Waals surface area contributed by atoms with E-state index < -0.39 is 40.4 Å². The van der Waals surface area contributed by atoms with Crippen LogP contribution in [0.25, 0.3) is 10.4 Å². The van der Waals surface area contributed by atoms with Crippen LogP contribution in [0.5, 0.6) is 0 Å². The van der Waals surface area contributed by atoms with Gasteiger partial charge in [-0.1, -0.05) is 11.0 Å². The summed E-state index contributed by atoms with van der Waals surface area (Å²) in [5.74, 6) is -6.97. The average molecular weight is 448 g/mol. The second-order valence-corrected chi connectivity index (χ2v) is 5.52. The van der Waals surface area contributed by atoms with Crippen LogP contribution < -0.4 is 5.32 Å². The first-order valence-electron chi connectivity index (χ1n) is 8.89. The number of halogens is 4. The summed E-state index contributed by atoms with van der Waals surface area (Å²) in [5, 5.41) is 4.60. The van der Waals surface area contributed by atoms with Gasteiger partial charge in [0.2, 0.25) is 0 Å². The standard InChI is InChI=1S/C18H20F4N4O5/c1-2-4-28-6-8-30-10-11-31-9-7-29-5-3-24-18(27)12-13(19)15(21)17(25-26-23)16(22)14(12)20/h1H,3-11H2,(H,24,27). The van der Waals surface area contributed by atoms with Crippen LogP contribution >= 0.6 is 0 Å². The van der Waals surface area contributed by atoms with Crippen molar-refractivity contribution in [1.29, 1.82) is 0 Å². The van der Waals surface area contributed by atoms with Crippen molar-refractivity contribution < 1.29 is 41.3 Å². The molecule has 0 heterocycles. The van der Waals surface area contributed by atoms with E-state index in [9.17, 15) is 22.4 Å². The third kappa shape index (κ3) is 8.79. The topological polar surface area (TPSA) is 115 Å². The number of hydrogen-bond acceptors (Lipinski definition) is 6. The Bertz CT molecular complexity index is 799. The molecule has 0 saturated heterocycles. The van der Waals surface area contributed by atoms with Crippen LogP contribution in [-0.4, -0.2) is 65.3 Å². The molecule has 0 spiro atoms. The molecule has 9 nitrogen and oxygen atoms in total.